The highest BCUT2D eigenvalue weighted by Gasteiger charge is 2.36. The Kier molecular flexibility index (Phi) is 3.35. The molecule has 16 heavy (non-hydrogen) atoms. The van der Waals surface area contributed by atoms with Gasteiger partial charge in [-0.3, -0.25) is 0 Å². The number of nitrogens with zero attached hydrogens (tertiary/aromatic N) is 1. The van der Waals surface area contributed by atoms with Gasteiger partial charge in [0.2, 0.25) is 0 Å². The number of halogens is 1. The van der Waals surface area contributed by atoms with E-state index < -0.39 is 0 Å². The van der Waals surface area contributed by atoms with Crippen molar-refractivity contribution in [3.8, 4) is 0 Å². The SMILES string of the molecule is COC1(CNc2ncc(Br)cc2N)CCC1. The molecule has 1 aromatic rings. The summed E-state index contributed by atoms with van der Waals surface area (Å²) in [4.78, 5) is 4.24. The smallest absolute Gasteiger partial charge is 0.149 e. The highest BCUT2D eigenvalue weighted by molar-refractivity contribution is 9.10. The third kappa shape index (κ3) is 2.30. The van der Waals surface area contributed by atoms with E-state index in [1.54, 1.807) is 13.3 Å². The van der Waals surface area contributed by atoms with Gasteiger partial charge in [-0.25, -0.2) is 4.98 Å². The monoisotopic (exact) mass is 285 g/mol. The molecule has 0 bridgehead atoms. The zero-order valence-electron chi connectivity index (χ0n) is 9.29. The van der Waals surface area contributed by atoms with Crippen molar-refractivity contribution in [3.05, 3.63) is 16.7 Å². The molecule has 1 aliphatic rings. The predicted molar refractivity (Wildman–Crippen MR) is 68.4 cm³/mol. The van der Waals surface area contributed by atoms with Crippen molar-refractivity contribution in [2.75, 3.05) is 24.7 Å². The Balaban J connectivity index is 1.99. The van der Waals surface area contributed by atoms with Crippen LogP contribution in [0.4, 0.5) is 11.5 Å². The van der Waals surface area contributed by atoms with Gasteiger partial charge in [-0.05, 0) is 41.3 Å². The van der Waals surface area contributed by atoms with Crippen LogP contribution in [-0.4, -0.2) is 24.2 Å². The van der Waals surface area contributed by atoms with E-state index in [0.717, 1.165) is 29.7 Å². The van der Waals surface area contributed by atoms with Crippen molar-refractivity contribution >= 4 is 27.4 Å². The number of anilines is 2. The molecule has 0 aliphatic heterocycles. The lowest BCUT2D eigenvalue weighted by Gasteiger charge is -2.40. The molecule has 1 heterocycles. The Bertz CT molecular complexity index is 374. The molecule has 1 aliphatic carbocycles. The number of hydrogen-bond donors (Lipinski definition) is 2. The maximum atomic E-state index is 5.86. The van der Waals surface area contributed by atoms with Gasteiger partial charge in [0.15, 0.2) is 0 Å². The zero-order chi connectivity index (χ0) is 11.6. The normalized spacial score (nSPS) is 17.9. The summed E-state index contributed by atoms with van der Waals surface area (Å²) >= 11 is 3.33. The minimum Gasteiger partial charge on any atom is -0.396 e. The second-order valence-corrected chi connectivity index (χ2v) is 5.10. The molecule has 0 amide bonds. The molecule has 88 valence electrons. The summed E-state index contributed by atoms with van der Waals surface area (Å²) in [6, 6.07) is 1.84. The van der Waals surface area contributed by atoms with Crippen molar-refractivity contribution in [2.45, 2.75) is 24.9 Å². The molecule has 0 saturated heterocycles. The Labute approximate surface area is 104 Å². The maximum absolute atomic E-state index is 5.86. The van der Waals surface area contributed by atoms with Gasteiger partial charge in [-0.2, -0.15) is 0 Å². The standard InChI is InChI=1S/C11H16BrN3O/c1-16-11(3-2-4-11)7-15-10-9(13)5-8(12)6-14-10/h5-6H,2-4,7,13H2,1H3,(H,14,15). The summed E-state index contributed by atoms with van der Waals surface area (Å²) < 4.78 is 6.41. The molecule has 2 rings (SSSR count). The third-order valence-corrected chi connectivity index (χ3v) is 3.59. The van der Waals surface area contributed by atoms with Crippen LogP contribution in [0.1, 0.15) is 19.3 Å². The lowest BCUT2D eigenvalue weighted by Crippen LogP contribution is -2.45. The van der Waals surface area contributed by atoms with Crippen LogP contribution in [0.5, 0.6) is 0 Å². The van der Waals surface area contributed by atoms with Gasteiger partial charge >= 0.3 is 0 Å². The second-order valence-electron chi connectivity index (χ2n) is 4.19. The number of nitrogens with two attached hydrogens (primary N) is 1. The molecular formula is C11H16BrN3O. The number of nitrogens with one attached hydrogen (secondary N) is 1. The lowest BCUT2D eigenvalue weighted by molar-refractivity contribution is -0.0601. The van der Waals surface area contributed by atoms with E-state index in [4.69, 9.17) is 10.5 Å². The van der Waals surface area contributed by atoms with Gasteiger partial charge in [0, 0.05) is 24.3 Å². The van der Waals surface area contributed by atoms with Crippen molar-refractivity contribution in [3.63, 3.8) is 0 Å². The molecule has 4 nitrogen and oxygen atoms in total. The number of ether oxygens (including phenoxy) is 1. The van der Waals surface area contributed by atoms with Crippen LogP contribution in [0.15, 0.2) is 16.7 Å². The summed E-state index contributed by atoms with van der Waals surface area (Å²) in [6.07, 6.45) is 5.18. The first kappa shape index (κ1) is 11.7. The van der Waals surface area contributed by atoms with Crippen LogP contribution >= 0.6 is 15.9 Å². The van der Waals surface area contributed by atoms with Gasteiger partial charge in [0.05, 0.1) is 11.3 Å². The average molecular weight is 286 g/mol. The van der Waals surface area contributed by atoms with Crippen molar-refractivity contribution in [1.29, 1.82) is 0 Å². The van der Waals surface area contributed by atoms with Crippen LogP contribution in [0.3, 0.4) is 0 Å². The molecule has 0 aromatic carbocycles. The number of pyridine rings is 1. The number of rotatable bonds is 4. The van der Waals surface area contributed by atoms with Crippen molar-refractivity contribution in [1.82, 2.24) is 4.98 Å². The first-order valence-electron chi connectivity index (χ1n) is 5.35. The first-order valence-corrected chi connectivity index (χ1v) is 6.15. The number of nitrogen functional groups attached to an aromatic ring is 1. The summed E-state index contributed by atoms with van der Waals surface area (Å²) in [7, 11) is 1.76. The molecule has 1 aromatic heterocycles. The number of aromatic nitrogens is 1. The van der Waals surface area contributed by atoms with E-state index in [9.17, 15) is 0 Å². The topological polar surface area (TPSA) is 60.2 Å². The van der Waals surface area contributed by atoms with Gasteiger partial charge in [0.25, 0.3) is 0 Å². The van der Waals surface area contributed by atoms with Gasteiger partial charge in [-0.15, -0.1) is 0 Å². The summed E-state index contributed by atoms with van der Waals surface area (Å²) in [5.74, 6) is 0.728. The molecule has 0 unspecified atom stereocenters. The van der Waals surface area contributed by atoms with Gasteiger partial charge in [0.1, 0.15) is 5.82 Å². The molecule has 0 radical (unpaired) electrons. The Morgan fingerprint density at radius 3 is 2.88 bits per heavy atom. The molecular weight excluding hydrogens is 270 g/mol. The minimum atomic E-state index is -0.0127. The molecule has 1 fully saturated rings. The zero-order valence-corrected chi connectivity index (χ0v) is 10.9. The molecule has 3 N–H and O–H groups in total. The van der Waals surface area contributed by atoms with E-state index in [0.29, 0.717) is 5.69 Å². The second kappa shape index (κ2) is 4.59. The fourth-order valence-electron chi connectivity index (χ4n) is 1.87. The van der Waals surface area contributed by atoms with Crippen molar-refractivity contribution < 1.29 is 4.74 Å². The number of hydrogen-bond acceptors (Lipinski definition) is 4. The molecule has 5 heteroatoms. The lowest BCUT2D eigenvalue weighted by atomic mass is 9.80. The van der Waals surface area contributed by atoms with Crippen LogP contribution in [0.25, 0.3) is 0 Å². The summed E-state index contributed by atoms with van der Waals surface area (Å²) in [5.41, 5.74) is 6.50. The van der Waals surface area contributed by atoms with E-state index in [-0.39, 0.29) is 5.60 Å². The summed E-state index contributed by atoms with van der Waals surface area (Å²) in [6.45, 7) is 0.766. The molecule has 0 atom stereocenters. The van der Waals surface area contributed by atoms with Crippen LogP contribution in [0.2, 0.25) is 0 Å². The Hall–Kier alpha value is -0.810. The Morgan fingerprint density at radius 1 is 1.62 bits per heavy atom. The quantitative estimate of drug-likeness (QED) is 0.892. The predicted octanol–water partition coefficient (Wildman–Crippen LogP) is 2.41. The van der Waals surface area contributed by atoms with E-state index in [1.807, 2.05) is 6.07 Å². The average Bonchev–Trinajstić information content (AvgIpc) is 2.19. The van der Waals surface area contributed by atoms with Crippen LogP contribution in [0, 0.1) is 0 Å². The largest absolute Gasteiger partial charge is 0.396 e. The minimum absolute atomic E-state index is 0.0127. The fourth-order valence-corrected chi connectivity index (χ4v) is 2.22. The van der Waals surface area contributed by atoms with Crippen molar-refractivity contribution in [2.24, 2.45) is 0 Å². The molecule has 1 saturated carbocycles. The number of methoxy groups -OCH3 is 1. The molecule has 0 spiro atoms. The third-order valence-electron chi connectivity index (χ3n) is 3.16. The maximum Gasteiger partial charge on any atom is 0.149 e. The van der Waals surface area contributed by atoms with Crippen LogP contribution < -0.4 is 11.1 Å². The first-order chi connectivity index (χ1) is 7.65. The van der Waals surface area contributed by atoms with Crippen LogP contribution in [-0.2, 0) is 4.74 Å². The van der Waals surface area contributed by atoms with Gasteiger partial charge < -0.3 is 15.8 Å². The van der Waals surface area contributed by atoms with E-state index in [1.165, 1.54) is 6.42 Å². The highest BCUT2D eigenvalue weighted by Crippen LogP contribution is 2.35. The Morgan fingerprint density at radius 2 is 2.38 bits per heavy atom. The van der Waals surface area contributed by atoms with Gasteiger partial charge in [-0.1, -0.05) is 0 Å². The fraction of sp³-hybridized carbons (Fsp3) is 0.545. The van der Waals surface area contributed by atoms with E-state index in [2.05, 4.69) is 26.2 Å². The summed E-state index contributed by atoms with van der Waals surface area (Å²) in [5, 5.41) is 3.25. The van der Waals surface area contributed by atoms with E-state index >= 15 is 0 Å². The highest BCUT2D eigenvalue weighted by atomic mass is 79.9.